The Morgan fingerprint density at radius 1 is 1.38 bits per heavy atom. The Labute approximate surface area is 143 Å². The predicted molar refractivity (Wildman–Crippen MR) is 91.3 cm³/mol. The van der Waals surface area contributed by atoms with Gasteiger partial charge in [0, 0.05) is 25.0 Å². The summed E-state index contributed by atoms with van der Waals surface area (Å²) in [6.07, 6.45) is 4.00. The van der Waals surface area contributed by atoms with E-state index in [-0.39, 0.29) is 18.0 Å². The third-order valence-corrected chi connectivity index (χ3v) is 5.66. The summed E-state index contributed by atoms with van der Waals surface area (Å²) in [6, 6.07) is 7.59. The van der Waals surface area contributed by atoms with Gasteiger partial charge >= 0.3 is 0 Å². The molecular formula is C17H24N2O4S. The standard InChI is InChI=1S/C17H24N2O4S/c1-23-14-5-3-4-12(8-14)6-7-17(20)19-11-13-9-15(16(19)10-13)18-24(2,21)22/h3-5,8,13,15-16,18H,6-7,9-11H2,1-2H3. The Kier molecular flexibility index (Phi) is 4.83. The quantitative estimate of drug-likeness (QED) is 0.834. The van der Waals surface area contributed by atoms with Crippen molar-refractivity contribution in [2.45, 2.75) is 37.8 Å². The first kappa shape index (κ1) is 17.2. The molecule has 1 heterocycles. The largest absolute Gasteiger partial charge is 0.497 e. The monoisotopic (exact) mass is 352 g/mol. The van der Waals surface area contributed by atoms with Gasteiger partial charge in [0.1, 0.15) is 5.75 Å². The maximum Gasteiger partial charge on any atom is 0.223 e. The van der Waals surface area contributed by atoms with Crippen LogP contribution in [0.15, 0.2) is 24.3 Å². The molecule has 1 saturated heterocycles. The Hall–Kier alpha value is -1.60. The van der Waals surface area contributed by atoms with E-state index in [1.165, 1.54) is 6.26 Å². The molecule has 6 nitrogen and oxygen atoms in total. The number of piperidine rings is 1. The van der Waals surface area contributed by atoms with Crippen molar-refractivity contribution in [1.82, 2.24) is 9.62 Å². The number of likely N-dealkylation sites (tertiary alicyclic amines) is 1. The highest BCUT2D eigenvalue weighted by Gasteiger charge is 2.47. The number of amides is 1. The van der Waals surface area contributed by atoms with E-state index in [0.717, 1.165) is 30.7 Å². The summed E-state index contributed by atoms with van der Waals surface area (Å²) >= 11 is 0. The summed E-state index contributed by atoms with van der Waals surface area (Å²) in [4.78, 5) is 14.5. The Balaban J connectivity index is 1.59. The third kappa shape index (κ3) is 3.89. The number of aryl methyl sites for hydroxylation is 1. The maximum atomic E-state index is 12.6. The number of rotatable bonds is 6. The Morgan fingerprint density at radius 3 is 2.83 bits per heavy atom. The Morgan fingerprint density at radius 2 is 2.17 bits per heavy atom. The molecule has 132 valence electrons. The SMILES string of the molecule is COc1cccc(CCC(=O)N2CC3CC(NS(C)(=O)=O)C2C3)c1. The van der Waals surface area contributed by atoms with Crippen LogP contribution in [-0.2, 0) is 21.2 Å². The highest BCUT2D eigenvalue weighted by molar-refractivity contribution is 7.88. The third-order valence-electron chi connectivity index (χ3n) is 4.93. The van der Waals surface area contributed by atoms with Gasteiger partial charge in [-0.25, -0.2) is 13.1 Å². The molecule has 1 amide bonds. The molecule has 24 heavy (non-hydrogen) atoms. The van der Waals surface area contributed by atoms with Crippen LogP contribution in [0.4, 0.5) is 0 Å². The summed E-state index contributed by atoms with van der Waals surface area (Å²) in [6.45, 7) is 0.754. The first-order valence-corrected chi connectivity index (χ1v) is 10.1. The van der Waals surface area contributed by atoms with Crippen molar-refractivity contribution in [3.8, 4) is 5.75 Å². The molecule has 2 aliphatic rings. The summed E-state index contributed by atoms with van der Waals surface area (Å²) in [5.74, 6) is 1.30. The average molecular weight is 352 g/mol. The van der Waals surface area contributed by atoms with Gasteiger partial charge in [-0.05, 0) is 42.9 Å². The van der Waals surface area contributed by atoms with Gasteiger partial charge in [0.2, 0.25) is 15.9 Å². The zero-order valence-corrected chi connectivity index (χ0v) is 14.9. The Bertz CT molecular complexity index is 719. The second kappa shape index (κ2) is 6.72. The lowest BCUT2D eigenvalue weighted by atomic mass is 10.0. The fourth-order valence-electron chi connectivity index (χ4n) is 3.94. The molecule has 0 radical (unpaired) electrons. The van der Waals surface area contributed by atoms with E-state index in [2.05, 4.69) is 4.72 Å². The van der Waals surface area contributed by atoms with Crippen LogP contribution in [0.25, 0.3) is 0 Å². The van der Waals surface area contributed by atoms with Crippen LogP contribution in [0.2, 0.25) is 0 Å². The number of nitrogens with zero attached hydrogens (tertiary/aromatic N) is 1. The molecule has 1 N–H and O–H groups in total. The number of benzene rings is 1. The zero-order chi connectivity index (χ0) is 17.3. The molecule has 0 spiro atoms. The van der Waals surface area contributed by atoms with Gasteiger partial charge in [-0.3, -0.25) is 4.79 Å². The lowest BCUT2D eigenvalue weighted by Crippen LogP contribution is -2.51. The van der Waals surface area contributed by atoms with Crippen molar-refractivity contribution in [2.75, 3.05) is 19.9 Å². The van der Waals surface area contributed by atoms with Gasteiger partial charge in [0.25, 0.3) is 0 Å². The minimum Gasteiger partial charge on any atom is -0.497 e. The number of hydrogen-bond acceptors (Lipinski definition) is 4. The summed E-state index contributed by atoms with van der Waals surface area (Å²) < 4.78 is 30.9. The van der Waals surface area contributed by atoms with Crippen LogP contribution >= 0.6 is 0 Å². The normalized spacial score (nSPS) is 25.9. The van der Waals surface area contributed by atoms with Crippen LogP contribution in [-0.4, -0.2) is 51.2 Å². The lowest BCUT2D eigenvalue weighted by molar-refractivity contribution is -0.133. The van der Waals surface area contributed by atoms with E-state index in [1.54, 1.807) is 7.11 Å². The molecule has 2 fully saturated rings. The molecule has 1 aliphatic carbocycles. The maximum absolute atomic E-state index is 12.6. The van der Waals surface area contributed by atoms with Crippen molar-refractivity contribution in [3.63, 3.8) is 0 Å². The van der Waals surface area contributed by atoms with E-state index in [1.807, 2.05) is 29.2 Å². The van der Waals surface area contributed by atoms with E-state index in [4.69, 9.17) is 4.74 Å². The topological polar surface area (TPSA) is 75.7 Å². The summed E-state index contributed by atoms with van der Waals surface area (Å²) in [7, 11) is -1.62. The van der Waals surface area contributed by atoms with Crippen molar-refractivity contribution < 1.29 is 17.9 Å². The lowest BCUT2D eigenvalue weighted by Gasteiger charge is -2.33. The number of carbonyl (C=O) groups is 1. The van der Waals surface area contributed by atoms with Gasteiger partial charge in [0.05, 0.1) is 13.4 Å². The smallest absolute Gasteiger partial charge is 0.223 e. The van der Waals surface area contributed by atoms with Crippen LogP contribution in [0, 0.1) is 5.92 Å². The number of fused-ring (bicyclic) bond motifs is 2. The molecule has 3 rings (SSSR count). The molecule has 1 aliphatic heterocycles. The van der Waals surface area contributed by atoms with E-state index in [0.29, 0.717) is 18.8 Å². The molecule has 7 heteroatoms. The molecule has 3 unspecified atom stereocenters. The fourth-order valence-corrected chi connectivity index (χ4v) is 4.74. The number of hydrogen-bond donors (Lipinski definition) is 1. The molecule has 2 bridgehead atoms. The molecule has 0 aromatic heterocycles. The second-order valence-corrected chi connectivity index (χ2v) is 8.58. The van der Waals surface area contributed by atoms with E-state index < -0.39 is 10.0 Å². The zero-order valence-electron chi connectivity index (χ0n) is 14.1. The first-order chi connectivity index (χ1) is 11.4. The van der Waals surface area contributed by atoms with Crippen molar-refractivity contribution in [2.24, 2.45) is 5.92 Å². The van der Waals surface area contributed by atoms with Gasteiger partial charge in [0.15, 0.2) is 0 Å². The average Bonchev–Trinajstić information content (AvgIpc) is 3.11. The van der Waals surface area contributed by atoms with Gasteiger partial charge < -0.3 is 9.64 Å². The fraction of sp³-hybridized carbons (Fsp3) is 0.588. The summed E-state index contributed by atoms with van der Waals surface area (Å²) in [5.41, 5.74) is 1.07. The number of carbonyl (C=O) groups excluding carboxylic acids is 1. The molecular weight excluding hydrogens is 328 g/mol. The van der Waals surface area contributed by atoms with Crippen molar-refractivity contribution >= 4 is 15.9 Å². The molecule has 1 saturated carbocycles. The number of sulfonamides is 1. The van der Waals surface area contributed by atoms with Crippen LogP contribution in [0.1, 0.15) is 24.8 Å². The second-order valence-electron chi connectivity index (χ2n) is 6.80. The van der Waals surface area contributed by atoms with Crippen LogP contribution in [0.3, 0.4) is 0 Å². The molecule has 1 aromatic carbocycles. The van der Waals surface area contributed by atoms with Crippen LogP contribution < -0.4 is 9.46 Å². The van der Waals surface area contributed by atoms with Crippen molar-refractivity contribution in [3.05, 3.63) is 29.8 Å². The summed E-state index contributed by atoms with van der Waals surface area (Å²) in [5, 5.41) is 0. The van der Waals surface area contributed by atoms with E-state index in [9.17, 15) is 13.2 Å². The minimum absolute atomic E-state index is 0.00235. The number of nitrogens with one attached hydrogen (secondary N) is 1. The number of methoxy groups -OCH3 is 1. The van der Waals surface area contributed by atoms with Gasteiger partial charge in [-0.1, -0.05) is 12.1 Å². The van der Waals surface area contributed by atoms with Crippen LogP contribution in [0.5, 0.6) is 5.75 Å². The first-order valence-electron chi connectivity index (χ1n) is 8.25. The van der Waals surface area contributed by atoms with Crippen molar-refractivity contribution in [1.29, 1.82) is 0 Å². The molecule has 3 atom stereocenters. The predicted octanol–water partition coefficient (Wildman–Crippen LogP) is 1.17. The minimum atomic E-state index is -3.24. The highest BCUT2D eigenvalue weighted by atomic mass is 32.2. The molecule has 1 aromatic rings. The van der Waals surface area contributed by atoms with E-state index >= 15 is 0 Å². The number of ether oxygens (including phenoxy) is 1. The van der Waals surface area contributed by atoms with Gasteiger partial charge in [-0.2, -0.15) is 0 Å². The van der Waals surface area contributed by atoms with Gasteiger partial charge in [-0.15, -0.1) is 0 Å². The highest BCUT2D eigenvalue weighted by Crippen LogP contribution is 2.38.